The second kappa shape index (κ2) is 7.99. The molecule has 2 aromatic rings. The largest absolute Gasteiger partial charge is 0.298 e. The van der Waals surface area contributed by atoms with E-state index in [-0.39, 0.29) is 22.9 Å². The molecule has 0 bridgehead atoms. The van der Waals surface area contributed by atoms with E-state index in [4.69, 9.17) is 23.2 Å². The molecule has 2 atom stereocenters. The minimum absolute atomic E-state index is 0.103. The lowest BCUT2D eigenvalue weighted by molar-refractivity contribution is -0.121. The van der Waals surface area contributed by atoms with E-state index in [1.165, 1.54) is 0 Å². The fourth-order valence-electron chi connectivity index (χ4n) is 2.44. The number of alkyl halides is 2. The quantitative estimate of drug-likeness (QED) is 0.501. The molecule has 2 aromatic carbocycles. The van der Waals surface area contributed by atoms with Crippen LogP contribution in [0.5, 0.6) is 0 Å². The molecular formula is C17H12Cl2F4O. The fourth-order valence-corrected chi connectivity index (χ4v) is 3.07. The number of carbonyl (C=O) groups excluding carboxylic acids is 1. The zero-order valence-corrected chi connectivity index (χ0v) is 13.7. The van der Waals surface area contributed by atoms with Gasteiger partial charge in [-0.15, -0.1) is 23.2 Å². The van der Waals surface area contributed by atoms with Gasteiger partial charge in [-0.1, -0.05) is 12.1 Å². The van der Waals surface area contributed by atoms with Gasteiger partial charge < -0.3 is 0 Å². The minimum atomic E-state index is -1.14. The number of Topliss-reactive ketones (excluding diaryl/α,β-unsaturated/α-hetero) is 1. The number of benzene rings is 2. The smallest absolute Gasteiger partial charge is 0.150 e. The molecule has 128 valence electrons. The molecule has 0 saturated carbocycles. The van der Waals surface area contributed by atoms with Crippen molar-refractivity contribution in [1.29, 1.82) is 0 Å². The Kier molecular flexibility index (Phi) is 6.24. The third-order valence-corrected chi connectivity index (χ3v) is 4.29. The Morgan fingerprint density at radius 2 is 1.17 bits per heavy atom. The number of rotatable bonds is 6. The van der Waals surface area contributed by atoms with Crippen molar-refractivity contribution in [2.75, 3.05) is 11.8 Å². The van der Waals surface area contributed by atoms with Crippen LogP contribution in [-0.2, 0) is 4.79 Å². The van der Waals surface area contributed by atoms with Gasteiger partial charge in [-0.25, -0.2) is 17.6 Å². The molecule has 0 aromatic heterocycles. The first-order chi connectivity index (χ1) is 11.4. The predicted molar refractivity (Wildman–Crippen MR) is 84.6 cm³/mol. The summed E-state index contributed by atoms with van der Waals surface area (Å²) in [5.74, 6) is -6.94. The summed E-state index contributed by atoms with van der Waals surface area (Å²) in [6, 6.07) is 5.50. The number of carbonyl (C=O) groups is 1. The van der Waals surface area contributed by atoms with Crippen LogP contribution in [-0.4, -0.2) is 17.5 Å². The first-order valence-electron chi connectivity index (χ1n) is 6.94. The zero-order chi connectivity index (χ0) is 17.9. The normalized spacial score (nSPS) is 13.6. The highest BCUT2D eigenvalue weighted by atomic mass is 35.5. The number of ketones is 1. The molecule has 24 heavy (non-hydrogen) atoms. The van der Waals surface area contributed by atoms with Crippen molar-refractivity contribution in [2.24, 2.45) is 0 Å². The molecule has 0 aliphatic heterocycles. The molecule has 0 saturated heterocycles. The van der Waals surface area contributed by atoms with Crippen molar-refractivity contribution in [3.8, 4) is 0 Å². The second-order valence-electron chi connectivity index (χ2n) is 5.15. The van der Waals surface area contributed by atoms with E-state index in [0.29, 0.717) is 12.1 Å². The van der Waals surface area contributed by atoms with Crippen LogP contribution in [0.2, 0.25) is 0 Å². The van der Waals surface area contributed by atoms with Crippen molar-refractivity contribution < 1.29 is 22.4 Å². The van der Waals surface area contributed by atoms with Crippen molar-refractivity contribution in [1.82, 2.24) is 0 Å². The van der Waals surface area contributed by atoms with Gasteiger partial charge in [0.25, 0.3) is 0 Å². The summed E-state index contributed by atoms with van der Waals surface area (Å²) in [5, 5.41) is 0. The van der Waals surface area contributed by atoms with Crippen LogP contribution in [0.25, 0.3) is 0 Å². The van der Waals surface area contributed by atoms with E-state index >= 15 is 0 Å². The molecule has 2 unspecified atom stereocenters. The first kappa shape index (κ1) is 18.7. The predicted octanol–water partition coefficient (Wildman–Crippen LogP) is 5.16. The number of halogens is 6. The van der Waals surface area contributed by atoms with Crippen LogP contribution in [0.1, 0.15) is 23.0 Å². The maximum atomic E-state index is 13.9. The van der Waals surface area contributed by atoms with E-state index in [0.717, 1.165) is 24.3 Å². The highest BCUT2D eigenvalue weighted by Crippen LogP contribution is 2.31. The van der Waals surface area contributed by atoms with E-state index in [9.17, 15) is 22.4 Å². The Bertz CT molecular complexity index is 690. The van der Waals surface area contributed by atoms with Gasteiger partial charge in [0.05, 0.1) is 11.8 Å². The molecular weight excluding hydrogens is 367 g/mol. The van der Waals surface area contributed by atoms with Crippen LogP contribution < -0.4 is 0 Å². The molecule has 0 amide bonds. The average Bonchev–Trinajstić information content (AvgIpc) is 2.52. The lowest BCUT2D eigenvalue weighted by atomic mass is 9.85. The van der Waals surface area contributed by atoms with Gasteiger partial charge in [0.1, 0.15) is 29.1 Å². The summed E-state index contributed by atoms with van der Waals surface area (Å²) >= 11 is 11.6. The molecule has 7 heteroatoms. The third-order valence-electron chi connectivity index (χ3n) is 3.67. The molecule has 0 radical (unpaired) electrons. The summed E-state index contributed by atoms with van der Waals surface area (Å²) in [5.41, 5.74) is -0.205. The standard InChI is InChI=1S/C17H12Cl2F4O/c18-7-13(11-3-1-9(20)5-15(11)22)17(24)14(8-19)12-4-2-10(21)6-16(12)23/h1-6,13-14H,7-8H2. The first-order valence-corrected chi connectivity index (χ1v) is 8.01. The second-order valence-corrected chi connectivity index (χ2v) is 5.77. The number of hydrogen-bond acceptors (Lipinski definition) is 1. The zero-order valence-electron chi connectivity index (χ0n) is 12.2. The maximum Gasteiger partial charge on any atom is 0.150 e. The van der Waals surface area contributed by atoms with Crippen LogP contribution in [0.3, 0.4) is 0 Å². The molecule has 0 heterocycles. The van der Waals surface area contributed by atoms with Crippen LogP contribution >= 0.6 is 23.2 Å². The van der Waals surface area contributed by atoms with E-state index < -0.39 is 40.9 Å². The Balaban J connectivity index is 2.41. The lowest BCUT2D eigenvalue weighted by Crippen LogP contribution is -2.25. The highest BCUT2D eigenvalue weighted by Gasteiger charge is 2.31. The Hall–Kier alpha value is -1.59. The summed E-state index contributed by atoms with van der Waals surface area (Å²) in [7, 11) is 0. The van der Waals surface area contributed by atoms with E-state index in [2.05, 4.69) is 0 Å². The van der Waals surface area contributed by atoms with Gasteiger partial charge in [0.2, 0.25) is 0 Å². The van der Waals surface area contributed by atoms with E-state index in [1.807, 2.05) is 0 Å². The fraction of sp³-hybridized carbons (Fsp3) is 0.235. The summed E-state index contributed by atoms with van der Waals surface area (Å²) in [4.78, 5) is 12.7. The van der Waals surface area contributed by atoms with Crippen LogP contribution in [0, 0.1) is 23.3 Å². The van der Waals surface area contributed by atoms with Gasteiger partial charge in [-0.2, -0.15) is 0 Å². The minimum Gasteiger partial charge on any atom is -0.298 e. The summed E-state index contributed by atoms with van der Waals surface area (Å²) < 4.78 is 53.9. The Morgan fingerprint density at radius 3 is 1.46 bits per heavy atom. The molecule has 0 N–H and O–H groups in total. The Labute approximate surface area is 146 Å². The van der Waals surface area contributed by atoms with Gasteiger partial charge in [-0.3, -0.25) is 4.79 Å². The maximum absolute atomic E-state index is 13.9. The van der Waals surface area contributed by atoms with Gasteiger partial charge in [0, 0.05) is 23.9 Å². The van der Waals surface area contributed by atoms with Crippen LogP contribution in [0.4, 0.5) is 17.6 Å². The van der Waals surface area contributed by atoms with Gasteiger partial charge >= 0.3 is 0 Å². The van der Waals surface area contributed by atoms with Crippen LogP contribution in [0.15, 0.2) is 36.4 Å². The topological polar surface area (TPSA) is 17.1 Å². The molecule has 2 rings (SSSR count). The van der Waals surface area contributed by atoms with Crippen molar-refractivity contribution in [3.63, 3.8) is 0 Å². The lowest BCUT2D eigenvalue weighted by Gasteiger charge is -2.21. The van der Waals surface area contributed by atoms with Gasteiger partial charge in [0.15, 0.2) is 0 Å². The van der Waals surface area contributed by atoms with E-state index in [1.54, 1.807) is 0 Å². The highest BCUT2D eigenvalue weighted by molar-refractivity contribution is 6.22. The van der Waals surface area contributed by atoms with Gasteiger partial charge in [-0.05, 0) is 23.3 Å². The number of hydrogen-bond donors (Lipinski definition) is 0. The van der Waals surface area contributed by atoms with Crippen molar-refractivity contribution in [3.05, 3.63) is 70.8 Å². The summed E-state index contributed by atoms with van der Waals surface area (Å²) in [6.07, 6.45) is 0. The molecule has 0 aliphatic rings. The summed E-state index contributed by atoms with van der Waals surface area (Å²) in [6.45, 7) is 0. The third kappa shape index (κ3) is 3.90. The Morgan fingerprint density at radius 1 is 0.792 bits per heavy atom. The molecule has 0 spiro atoms. The monoisotopic (exact) mass is 378 g/mol. The molecule has 0 aliphatic carbocycles. The molecule has 1 nitrogen and oxygen atoms in total. The average molecular weight is 379 g/mol. The van der Waals surface area contributed by atoms with Crippen molar-refractivity contribution in [2.45, 2.75) is 11.8 Å². The SMILES string of the molecule is O=C(C(CCl)c1ccc(F)cc1F)C(CCl)c1ccc(F)cc1F. The molecule has 0 fully saturated rings. The van der Waals surface area contributed by atoms with Crippen molar-refractivity contribution >= 4 is 29.0 Å².